The Balaban J connectivity index is 4.44. The number of carbonyl (C=O) groups excluding carboxylic acids is 3. The second-order valence-corrected chi connectivity index (χ2v) is 3.47. The maximum atomic E-state index is 11.2. The Morgan fingerprint density at radius 1 is 1.07 bits per heavy atom. The van der Waals surface area contributed by atoms with Gasteiger partial charge in [0.05, 0.1) is 19.6 Å². The average molecular weight is 202 g/mol. The number of ketones is 1. The van der Waals surface area contributed by atoms with Gasteiger partial charge in [0, 0.05) is 6.42 Å². The molecule has 0 saturated carbocycles. The number of rotatable bonds is 4. The zero-order valence-corrected chi connectivity index (χ0v) is 8.75. The van der Waals surface area contributed by atoms with E-state index in [4.69, 9.17) is 0 Å². The molecule has 5 nitrogen and oxygen atoms in total. The van der Waals surface area contributed by atoms with Crippen LogP contribution in [0, 0.1) is 5.41 Å². The average Bonchev–Trinajstić information content (AvgIpc) is 2.14. The van der Waals surface area contributed by atoms with Crippen LogP contribution in [0.4, 0.5) is 0 Å². The van der Waals surface area contributed by atoms with Gasteiger partial charge in [-0.2, -0.15) is 0 Å². The van der Waals surface area contributed by atoms with E-state index >= 15 is 0 Å². The quantitative estimate of drug-likeness (QED) is 0.485. The van der Waals surface area contributed by atoms with Crippen molar-refractivity contribution in [2.45, 2.75) is 20.3 Å². The Hall–Kier alpha value is -1.39. The summed E-state index contributed by atoms with van der Waals surface area (Å²) in [4.78, 5) is 33.1. The van der Waals surface area contributed by atoms with E-state index in [0.29, 0.717) is 0 Å². The van der Waals surface area contributed by atoms with Crippen LogP contribution in [0.25, 0.3) is 0 Å². The van der Waals surface area contributed by atoms with E-state index < -0.39 is 23.1 Å². The number of ether oxygens (including phenoxy) is 2. The molecule has 0 unspecified atom stereocenters. The van der Waals surface area contributed by atoms with E-state index in [0.717, 1.165) is 7.11 Å². The third-order valence-corrected chi connectivity index (χ3v) is 1.75. The van der Waals surface area contributed by atoms with Crippen LogP contribution in [-0.4, -0.2) is 31.9 Å². The van der Waals surface area contributed by atoms with Gasteiger partial charge in [-0.1, -0.05) is 0 Å². The largest absolute Gasteiger partial charge is 0.469 e. The van der Waals surface area contributed by atoms with E-state index in [9.17, 15) is 14.4 Å². The molecule has 0 fully saturated rings. The first-order valence-electron chi connectivity index (χ1n) is 4.04. The van der Waals surface area contributed by atoms with E-state index in [1.54, 1.807) is 0 Å². The van der Waals surface area contributed by atoms with Crippen molar-refractivity contribution in [3.8, 4) is 0 Å². The molecule has 0 aliphatic rings. The van der Waals surface area contributed by atoms with Crippen LogP contribution >= 0.6 is 0 Å². The van der Waals surface area contributed by atoms with Crippen LogP contribution in [0.2, 0.25) is 0 Å². The van der Waals surface area contributed by atoms with Crippen molar-refractivity contribution in [3.63, 3.8) is 0 Å². The Kier molecular flexibility index (Phi) is 4.27. The van der Waals surface area contributed by atoms with Crippen molar-refractivity contribution in [1.82, 2.24) is 0 Å². The molecule has 0 N–H and O–H groups in total. The SMILES string of the molecule is COC(=O)C(=O)CC(C)(C)C(=O)OC. The lowest BCUT2D eigenvalue weighted by Crippen LogP contribution is -2.31. The van der Waals surface area contributed by atoms with Crippen LogP contribution in [0.1, 0.15) is 20.3 Å². The minimum Gasteiger partial charge on any atom is -0.469 e. The fourth-order valence-electron chi connectivity index (χ4n) is 0.936. The first-order valence-corrected chi connectivity index (χ1v) is 4.04. The van der Waals surface area contributed by atoms with Crippen molar-refractivity contribution in [1.29, 1.82) is 0 Å². The van der Waals surface area contributed by atoms with Crippen molar-refractivity contribution < 1.29 is 23.9 Å². The Morgan fingerprint density at radius 2 is 1.57 bits per heavy atom. The molecule has 0 rings (SSSR count). The highest BCUT2D eigenvalue weighted by atomic mass is 16.5. The molecule has 0 atom stereocenters. The molecule has 0 spiro atoms. The minimum absolute atomic E-state index is 0.216. The standard InChI is InChI=1S/C9H14O5/c1-9(2,8(12)14-4)5-6(10)7(11)13-3/h5H2,1-4H3. The predicted octanol–water partition coefficient (Wildman–Crippen LogP) is 0.318. The molecule has 0 aromatic carbocycles. The molecular weight excluding hydrogens is 188 g/mol. The number of methoxy groups -OCH3 is 2. The molecule has 0 aromatic rings. The highest BCUT2D eigenvalue weighted by Gasteiger charge is 2.34. The molecule has 0 aliphatic heterocycles. The normalized spacial score (nSPS) is 10.6. The van der Waals surface area contributed by atoms with Crippen molar-refractivity contribution >= 4 is 17.7 Å². The van der Waals surface area contributed by atoms with Gasteiger partial charge in [0.1, 0.15) is 0 Å². The van der Waals surface area contributed by atoms with Crippen LogP contribution in [-0.2, 0) is 23.9 Å². The summed E-state index contributed by atoms with van der Waals surface area (Å²) < 4.78 is 8.72. The summed E-state index contributed by atoms with van der Waals surface area (Å²) in [6, 6.07) is 0. The van der Waals surface area contributed by atoms with Gasteiger partial charge in [-0.3, -0.25) is 9.59 Å². The van der Waals surface area contributed by atoms with E-state index in [1.807, 2.05) is 0 Å². The fourth-order valence-corrected chi connectivity index (χ4v) is 0.936. The lowest BCUT2D eigenvalue weighted by Gasteiger charge is -2.19. The zero-order chi connectivity index (χ0) is 11.4. The summed E-state index contributed by atoms with van der Waals surface area (Å²) in [5.41, 5.74) is -1.000. The number of esters is 2. The third kappa shape index (κ3) is 3.16. The lowest BCUT2D eigenvalue weighted by atomic mass is 9.87. The molecule has 0 saturated heterocycles. The molecule has 80 valence electrons. The summed E-state index contributed by atoms with van der Waals surface area (Å²) in [6.45, 7) is 3.05. The number of Topliss-reactive ketones (excluding diaryl/α,β-unsaturated/α-hetero) is 1. The van der Waals surface area contributed by atoms with Crippen LogP contribution in [0.3, 0.4) is 0 Å². The molecule has 0 heterocycles. The second-order valence-electron chi connectivity index (χ2n) is 3.47. The highest BCUT2D eigenvalue weighted by molar-refractivity contribution is 6.34. The zero-order valence-electron chi connectivity index (χ0n) is 8.75. The van der Waals surface area contributed by atoms with Crippen LogP contribution in [0.15, 0.2) is 0 Å². The van der Waals surface area contributed by atoms with Crippen molar-refractivity contribution in [2.24, 2.45) is 5.41 Å². The van der Waals surface area contributed by atoms with Gasteiger partial charge in [0.15, 0.2) is 0 Å². The van der Waals surface area contributed by atoms with Crippen LogP contribution < -0.4 is 0 Å². The van der Waals surface area contributed by atoms with Gasteiger partial charge in [0.2, 0.25) is 5.78 Å². The molecule has 0 aliphatic carbocycles. The molecule has 0 aromatic heterocycles. The summed E-state index contributed by atoms with van der Waals surface area (Å²) >= 11 is 0. The summed E-state index contributed by atoms with van der Waals surface area (Å²) in [5.74, 6) is -2.21. The Morgan fingerprint density at radius 3 is 1.93 bits per heavy atom. The van der Waals surface area contributed by atoms with Gasteiger partial charge < -0.3 is 9.47 Å². The predicted molar refractivity (Wildman–Crippen MR) is 47.4 cm³/mol. The van der Waals surface area contributed by atoms with Crippen molar-refractivity contribution in [2.75, 3.05) is 14.2 Å². The Labute approximate surface area is 82.4 Å². The summed E-state index contributed by atoms with van der Waals surface area (Å²) in [5, 5.41) is 0. The number of hydrogen-bond donors (Lipinski definition) is 0. The smallest absolute Gasteiger partial charge is 0.374 e. The summed E-state index contributed by atoms with van der Waals surface area (Å²) in [7, 11) is 2.35. The number of hydrogen-bond acceptors (Lipinski definition) is 5. The van der Waals surface area contributed by atoms with Gasteiger partial charge in [0.25, 0.3) is 0 Å². The molecule has 14 heavy (non-hydrogen) atoms. The second kappa shape index (κ2) is 4.74. The molecule has 5 heteroatoms. The third-order valence-electron chi connectivity index (χ3n) is 1.75. The highest BCUT2D eigenvalue weighted by Crippen LogP contribution is 2.22. The van der Waals surface area contributed by atoms with Crippen molar-refractivity contribution in [3.05, 3.63) is 0 Å². The number of carbonyl (C=O) groups is 3. The van der Waals surface area contributed by atoms with Crippen LogP contribution in [0.5, 0.6) is 0 Å². The van der Waals surface area contributed by atoms with Gasteiger partial charge in [-0.05, 0) is 13.8 Å². The van der Waals surface area contributed by atoms with E-state index in [-0.39, 0.29) is 6.42 Å². The minimum atomic E-state index is -1.000. The topological polar surface area (TPSA) is 69.7 Å². The molecular formula is C9H14O5. The lowest BCUT2D eigenvalue weighted by molar-refractivity contribution is -0.157. The maximum Gasteiger partial charge on any atom is 0.374 e. The van der Waals surface area contributed by atoms with Gasteiger partial charge in [-0.15, -0.1) is 0 Å². The first kappa shape index (κ1) is 12.6. The summed E-state index contributed by atoms with van der Waals surface area (Å²) in [6.07, 6.45) is -0.216. The van der Waals surface area contributed by atoms with Gasteiger partial charge in [-0.25, -0.2) is 4.79 Å². The monoisotopic (exact) mass is 202 g/mol. The first-order chi connectivity index (χ1) is 6.35. The fraction of sp³-hybridized carbons (Fsp3) is 0.667. The Bertz CT molecular complexity index is 254. The van der Waals surface area contributed by atoms with E-state index in [1.165, 1.54) is 21.0 Å². The maximum absolute atomic E-state index is 11.2. The molecule has 0 radical (unpaired) electrons. The van der Waals surface area contributed by atoms with E-state index in [2.05, 4.69) is 9.47 Å². The molecule has 0 amide bonds. The molecule has 0 bridgehead atoms. The van der Waals surface area contributed by atoms with Gasteiger partial charge >= 0.3 is 11.9 Å².